The van der Waals surface area contributed by atoms with Gasteiger partial charge < -0.3 is 5.48 Å². The number of rotatable bonds is 0. The van der Waals surface area contributed by atoms with Gasteiger partial charge in [-0.15, -0.1) is 0 Å². The average Bonchev–Trinajstić information content (AvgIpc) is 0.722. The predicted molar refractivity (Wildman–Crippen MR) is 25.6 cm³/mol. The molecule has 0 bridgehead atoms. The standard InChI is InChI=1S/Cl4N.H2O/c1-5(2,3)4;/h;1H2/q+1;/p-1. The van der Waals surface area contributed by atoms with E-state index in [2.05, 4.69) is 0 Å². The van der Waals surface area contributed by atoms with Gasteiger partial charge in [-0.05, 0) is 0 Å². The van der Waals surface area contributed by atoms with Crippen LogP contribution in [0.2, 0.25) is 0 Å². The van der Waals surface area contributed by atoms with E-state index in [0.29, 0.717) is 0 Å². The second-order valence-corrected chi connectivity index (χ2v) is 3.45. The second kappa shape index (κ2) is 3.13. The van der Waals surface area contributed by atoms with Crippen molar-refractivity contribution in [1.29, 1.82) is 0 Å². The largest absolute Gasteiger partial charge is 0.870 e. The van der Waals surface area contributed by atoms with Crippen molar-refractivity contribution in [3.05, 3.63) is 0 Å². The van der Waals surface area contributed by atoms with Crippen LogP contribution < -0.4 is 0 Å². The van der Waals surface area contributed by atoms with Crippen molar-refractivity contribution in [2.45, 2.75) is 0 Å². The zero-order valence-corrected chi connectivity index (χ0v) is 5.43. The number of halogens is 4. The fourth-order valence-electron chi connectivity index (χ4n) is 0. The van der Waals surface area contributed by atoms with E-state index in [1.165, 1.54) is 0 Å². The number of hydrogen-bond acceptors (Lipinski definition) is 1. The highest BCUT2D eigenvalue weighted by atomic mass is 35.6. The molecule has 40 valence electrons. The first-order valence-electron chi connectivity index (χ1n) is 0.676. The third-order valence-electron chi connectivity index (χ3n) is 0. The molecule has 0 saturated heterocycles. The highest BCUT2D eigenvalue weighted by Gasteiger charge is 2.16. The van der Waals surface area contributed by atoms with Crippen LogP contribution in [0.15, 0.2) is 0 Å². The van der Waals surface area contributed by atoms with Crippen LogP contribution in [0.5, 0.6) is 0 Å². The zero-order valence-electron chi connectivity index (χ0n) is 2.41. The van der Waals surface area contributed by atoms with E-state index in [1.807, 2.05) is 0 Å². The number of quaternary nitrogens is 1. The molecule has 0 spiro atoms. The van der Waals surface area contributed by atoms with E-state index in [9.17, 15) is 0 Å². The molecular weight excluding hydrogens is 172 g/mol. The molecule has 0 radical (unpaired) electrons. The Balaban J connectivity index is 0. The minimum atomic E-state index is -1.11. The summed E-state index contributed by atoms with van der Waals surface area (Å²) < 4.78 is -1.11. The molecule has 0 amide bonds. The molecule has 1 N–H and O–H groups in total. The van der Waals surface area contributed by atoms with Crippen LogP contribution in [-0.4, -0.2) is 8.04 Å². The van der Waals surface area contributed by atoms with Gasteiger partial charge in [-0.2, -0.15) is 0 Å². The molecule has 0 atom stereocenters. The topological polar surface area (TPSA) is 30.0 Å². The van der Waals surface area contributed by atoms with Gasteiger partial charge in [0.25, 0.3) is 0 Å². The van der Waals surface area contributed by atoms with Gasteiger partial charge in [-0.3, -0.25) is 0 Å². The molecule has 0 aromatic carbocycles. The van der Waals surface area contributed by atoms with Crippen LogP contribution >= 0.6 is 47.1 Å². The molecular formula is HCl4NO. The van der Waals surface area contributed by atoms with Gasteiger partial charge in [0.05, 0.1) is 2.56 Å². The summed E-state index contributed by atoms with van der Waals surface area (Å²) in [6.07, 6.45) is 0. The summed E-state index contributed by atoms with van der Waals surface area (Å²) >= 11 is 19.1. The summed E-state index contributed by atoms with van der Waals surface area (Å²) in [7, 11) is 0. The minimum absolute atomic E-state index is 0. The monoisotopic (exact) mass is 171 g/mol. The minimum Gasteiger partial charge on any atom is -0.870 e. The van der Waals surface area contributed by atoms with Crippen molar-refractivity contribution in [1.82, 2.24) is 0 Å². The van der Waals surface area contributed by atoms with Crippen LogP contribution in [0.3, 0.4) is 0 Å². The molecule has 0 rings (SSSR count). The molecule has 0 saturated carbocycles. The van der Waals surface area contributed by atoms with E-state index in [-0.39, 0.29) is 5.48 Å². The Labute approximate surface area is 55.5 Å². The fraction of sp³-hybridized carbons (Fsp3) is 0. The Morgan fingerprint density at radius 2 is 0.833 bits per heavy atom. The van der Waals surface area contributed by atoms with Crippen LogP contribution in [-0.2, 0) is 0 Å². The number of hydrogen-bond donors (Lipinski definition) is 0. The van der Waals surface area contributed by atoms with E-state index >= 15 is 0 Å². The maximum absolute atomic E-state index is 4.76. The second-order valence-electron chi connectivity index (χ2n) is 0.383. The third-order valence-corrected chi connectivity index (χ3v) is 0. The van der Waals surface area contributed by atoms with Crippen LogP contribution in [0.4, 0.5) is 0 Å². The molecule has 0 aliphatic heterocycles. The van der Waals surface area contributed by atoms with Gasteiger partial charge in [0, 0.05) is 0 Å². The van der Waals surface area contributed by atoms with Crippen molar-refractivity contribution in [3.63, 3.8) is 0 Å². The van der Waals surface area contributed by atoms with Gasteiger partial charge >= 0.3 is 0 Å². The first-order valence-corrected chi connectivity index (χ1v) is 2.03. The van der Waals surface area contributed by atoms with Crippen molar-refractivity contribution >= 4 is 47.1 Å². The molecule has 6 heavy (non-hydrogen) atoms. The summed E-state index contributed by atoms with van der Waals surface area (Å²) in [6.45, 7) is 0. The summed E-state index contributed by atoms with van der Waals surface area (Å²) in [5.41, 5.74) is 0. The zero-order chi connectivity index (χ0) is 4.50. The Morgan fingerprint density at radius 1 is 0.833 bits per heavy atom. The molecule has 0 aromatic heterocycles. The van der Waals surface area contributed by atoms with E-state index in [4.69, 9.17) is 47.1 Å². The lowest BCUT2D eigenvalue weighted by Crippen LogP contribution is -1.89. The highest BCUT2D eigenvalue weighted by Crippen LogP contribution is 2.24. The fourth-order valence-corrected chi connectivity index (χ4v) is 0. The third kappa shape index (κ3) is 72.5. The van der Waals surface area contributed by atoms with Gasteiger partial charge in [-0.1, -0.05) is 0 Å². The smallest absolute Gasteiger partial charge is 0.231 e. The molecule has 0 aliphatic rings. The number of nitrogens with zero attached hydrogens (tertiary/aromatic N) is 1. The lowest BCUT2D eigenvalue weighted by Gasteiger charge is -1.85. The first kappa shape index (κ1) is 10.1. The van der Waals surface area contributed by atoms with Gasteiger partial charge in [-0.25, -0.2) is 0 Å². The Morgan fingerprint density at radius 3 is 0.833 bits per heavy atom. The Bertz CT molecular complexity index is 23.0. The van der Waals surface area contributed by atoms with Crippen molar-refractivity contribution in [2.75, 3.05) is 0 Å². The summed E-state index contributed by atoms with van der Waals surface area (Å²) in [5.74, 6) is 0. The SMILES string of the molecule is Cl[N+](Cl)(Cl)Cl.[OH-]. The van der Waals surface area contributed by atoms with Gasteiger partial charge in [0.2, 0.25) is 47.1 Å². The predicted octanol–water partition coefficient (Wildman–Crippen LogP) is 2.24. The van der Waals surface area contributed by atoms with Crippen molar-refractivity contribution in [2.24, 2.45) is 0 Å². The Kier molecular flexibility index (Phi) is 5.29. The molecule has 0 heterocycles. The molecule has 0 fully saturated rings. The average molecular weight is 173 g/mol. The first-order chi connectivity index (χ1) is 2.00. The molecule has 6 heteroatoms. The van der Waals surface area contributed by atoms with Crippen LogP contribution in [0.1, 0.15) is 0 Å². The maximum atomic E-state index is 4.76. The quantitative estimate of drug-likeness (QED) is 0.516. The van der Waals surface area contributed by atoms with Gasteiger partial charge in [0.15, 0.2) is 0 Å². The van der Waals surface area contributed by atoms with E-state index in [1.54, 1.807) is 0 Å². The highest BCUT2D eigenvalue weighted by molar-refractivity contribution is 6.50. The maximum Gasteiger partial charge on any atom is 0.231 e. The molecule has 2 nitrogen and oxygen atoms in total. The lowest BCUT2D eigenvalue weighted by atomic mass is 13.8. The van der Waals surface area contributed by atoms with Crippen LogP contribution in [0, 0.1) is 0 Å². The van der Waals surface area contributed by atoms with Crippen molar-refractivity contribution in [3.8, 4) is 0 Å². The molecule has 0 aliphatic carbocycles. The molecule has 0 aromatic rings. The summed E-state index contributed by atoms with van der Waals surface area (Å²) in [5, 5.41) is 0. The van der Waals surface area contributed by atoms with E-state index < -0.39 is 2.56 Å². The van der Waals surface area contributed by atoms with Crippen molar-refractivity contribution < 1.29 is 8.04 Å². The lowest BCUT2D eigenvalue weighted by molar-refractivity contribution is -0.381. The van der Waals surface area contributed by atoms with Crippen LogP contribution in [0.25, 0.3) is 0 Å². The van der Waals surface area contributed by atoms with Gasteiger partial charge in [0.1, 0.15) is 0 Å². The summed E-state index contributed by atoms with van der Waals surface area (Å²) in [6, 6.07) is 0. The summed E-state index contributed by atoms with van der Waals surface area (Å²) in [4.78, 5) is 0. The Hall–Kier alpha value is 1.08. The normalized spacial score (nSPS) is 10.0. The van der Waals surface area contributed by atoms with E-state index in [0.717, 1.165) is 0 Å². The molecule has 0 unspecified atom stereocenters.